The Hall–Kier alpha value is -3.13. The van der Waals surface area contributed by atoms with Gasteiger partial charge in [-0.05, 0) is 50.1 Å². The van der Waals surface area contributed by atoms with Crippen LogP contribution in [0.1, 0.15) is 23.9 Å². The topological polar surface area (TPSA) is 88.9 Å². The third-order valence-corrected chi connectivity index (χ3v) is 5.45. The van der Waals surface area contributed by atoms with Crippen molar-refractivity contribution >= 4 is 35.0 Å². The number of para-hydroxylation sites is 1. The average Bonchev–Trinajstić information content (AvgIpc) is 3.09. The van der Waals surface area contributed by atoms with E-state index in [1.54, 1.807) is 0 Å². The number of hydrogen-bond donors (Lipinski definition) is 2. The number of rotatable bonds is 8. The Morgan fingerprint density at radius 2 is 1.80 bits per heavy atom. The maximum absolute atomic E-state index is 12.4. The fourth-order valence-electron chi connectivity index (χ4n) is 2.98. The predicted octanol–water partition coefficient (Wildman–Crippen LogP) is 3.83. The summed E-state index contributed by atoms with van der Waals surface area (Å²) in [7, 11) is 0. The SMILES string of the molecule is CCn1c(CC(=O)Nc2ccccc2C)nnc1SCC(=O)Nc1cccc(C)c1. The Morgan fingerprint density at radius 1 is 1.00 bits per heavy atom. The van der Waals surface area contributed by atoms with Gasteiger partial charge in [0, 0.05) is 17.9 Å². The molecule has 8 heteroatoms. The molecule has 30 heavy (non-hydrogen) atoms. The van der Waals surface area contributed by atoms with Gasteiger partial charge in [0.05, 0.1) is 12.2 Å². The first-order valence-electron chi connectivity index (χ1n) is 9.73. The molecule has 0 saturated carbocycles. The third-order valence-electron chi connectivity index (χ3n) is 4.48. The summed E-state index contributed by atoms with van der Waals surface area (Å²) in [5.41, 5.74) is 3.64. The molecular formula is C22H25N5O2S. The van der Waals surface area contributed by atoms with Crippen molar-refractivity contribution in [1.82, 2.24) is 14.8 Å². The number of carbonyl (C=O) groups excluding carboxylic acids is 2. The number of benzene rings is 2. The van der Waals surface area contributed by atoms with Crippen LogP contribution in [0.5, 0.6) is 0 Å². The van der Waals surface area contributed by atoms with Crippen LogP contribution in [0.25, 0.3) is 0 Å². The summed E-state index contributed by atoms with van der Waals surface area (Å²) in [5, 5.41) is 14.7. The number of nitrogens with one attached hydrogen (secondary N) is 2. The summed E-state index contributed by atoms with van der Waals surface area (Å²) in [5.74, 6) is 0.516. The van der Waals surface area contributed by atoms with Gasteiger partial charge in [0.25, 0.3) is 0 Å². The van der Waals surface area contributed by atoms with E-state index in [4.69, 9.17) is 0 Å². The van der Waals surface area contributed by atoms with Crippen molar-refractivity contribution < 1.29 is 9.59 Å². The summed E-state index contributed by atoms with van der Waals surface area (Å²) >= 11 is 1.30. The molecule has 3 aromatic rings. The molecule has 0 aliphatic rings. The minimum absolute atomic E-state index is 0.116. The van der Waals surface area contributed by atoms with Crippen molar-refractivity contribution in [3.8, 4) is 0 Å². The average molecular weight is 424 g/mol. The van der Waals surface area contributed by atoms with Crippen molar-refractivity contribution in [3.05, 3.63) is 65.5 Å². The number of thioether (sulfide) groups is 1. The molecule has 2 amide bonds. The molecular weight excluding hydrogens is 398 g/mol. The highest BCUT2D eigenvalue weighted by molar-refractivity contribution is 7.99. The van der Waals surface area contributed by atoms with Gasteiger partial charge in [-0.3, -0.25) is 9.59 Å². The zero-order valence-corrected chi connectivity index (χ0v) is 18.1. The highest BCUT2D eigenvalue weighted by atomic mass is 32.2. The van der Waals surface area contributed by atoms with E-state index in [-0.39, 0.29) is 24.0 Å². The number of carbonyl (C=O) groups is 2. The maximum Gasteiger partial charge on any atom is 0.234 e. The van der Waals surface area contributed by atoms with Crippen LogP contribution in [0, 0.1) is 13.8 Å². The maximum atomic E-state index is 12.4. The Morgan fingerprint density at radius 3 is 2.53 bits per heavy atom. The number of aromatic nitrogens is 3. The first-order valence-corrected chi connectivity index (χ1v) is 10.7. The van der Waals surface area contributed by atoms with E-state index in [2.05, 4.69) is 20.8 Å². The number of nitrogens with zero attached hydrogens (tertiary/aromatic N) is 3. The fraction of sp³-hybridized carbons (Fsp3) is 0.273. The van der Waals surface area contributed by atoms with Gasteiger partial charge in [0.1, 0.15) is 5.82 Å². The van der Waals surface area contributed by atoms with Gasteiger partial charge in [-0.2, -0.15) is 0 Å². The molecule has 0 unspecified atom stereocenters. The molecule has 1 heterocycles. The van der Waals surface area contributed by atoms with E-state index in [0.717, 1.165) is 22.5 Å². The Bertz CT molecular complexity index is 1050. The van der Waals surface area contributed by atoms with Gasteiger partial charge in [-0.15, -0.1) is 10.2 Å². The lowest BCUT2D eigenvalue weighted by Crippen LogP contribution is -2.18. The second-order valence-electron chi connectivity index (χ2n) is 6.89. The molecule has 156 valence electrons. The molecule has 0 fully saturated rings. The molecule has 0 radical (unpaired) electrons. The quantitative estimate of drug-likeness (QED) is 0.538. The predicted molar refractivity (Wildman–Crippen MR) is 120 cm³/mol. The first-order chi connectivity index (χ1) is 14.5. The van der Waals surface area contributed by atoms with Crippen LogP contribution in [0.4, 0.5) is 11.4 Å². The largest absolute Gasteiger partial charge is 0.325 e. The molecule has 0 aliphatic heterocycles. The highest BCUT2D eigenvalue weighted by Crippen LogP contribution is 2.19. The molecule has 3 rings (SSSR count). The highest BCUT2D eigenvalue weighted by Gasteiger charge is 2.16. The minimum Gasteiger partial charge on any atom is -0.325 e. The van der Waals surface area contributed by atoms with Gasteiger partial charge in [-0.1, -0.05) is 42.1 Å². The molecule has 7 nitrogen and oxygen atoms in total. The lowest BCUT2D eigenvalue weighted by atomic mass is 10.2. The second-order valence-corrected chi connectivity index (χ2v) is 7.83. The van der Waals surface area contributed by atoms with Gasteiger partial charge >= 0.3 is 0 Å². The van der Waals surface area contributed by atoms with Gasteiger partial charge in [-0.25, -0.2) is 0 Å². The lowest BCUT2D eigenvalue weighted by Gasteiger charge is -2.10. The van der Waals surface area contributed by atoms with Crippen LogP contribution in [0.3, 0.4) is 0 Å². The van der Waals surface area contributed by atoms with Crippen LogP contribution in [0.2, 0.25) is 0 Å². The first kappa shape index (κ1) is 21.6. The van der Waals surface area contributed by atoms with Crippen LogP contribution in [-0.4, -0.2) is 32.3 Å². The van der Waals surface area contributed by atoms with Gasteiger partial charge in [0.2, 0.25) is 11.8 Å². The summed E-state index contributed by atoms with van der Waals surface area (Å²) < 4.78 is 1.86. The second kappa shape index (κ2) is 10.1. The van der Waals surface area contributed by atoms with Crippen LogP contribution >= 0.6 is 11.8 Å². The molecule has 0 bridgehead atoms. The standard InChI is InChI=1S/C22H25N5O2S/c1-4-27-19(13-20(28)24-18-11-6-5-9-16(18)3)25-26-22(27)30-14-21(29)23-17-10-7-8-15(2)12-17/h5-12H,4,13-14H2,1-3H3,(H,23,29)(H,24,28). The smallest absolute Gasteiger partial charge is 0.234 e. The molecule has 1 aromatic heterocycles. The molecule has 0 saturated heterocycles. The lowest BCUT2D eigenvalue weighted by molar-refractivity contribution is -0.116. The Balaban J connectivity index is 1.59. The third kappa shape index (κ3) is 5.70. The molecule has 0 aliphatic carbocycles. The van der Waals surface area contributed by atoms with Crippen molar-refractivity contribution in [2.45, 2.75) is 38.9 Å². The van der Waals surface area contributed by atoms with E-state index < -0.39 is 0 Å². The molecule has 0 atom stereocenters. The monoisotopic (exact) mass is 423 g/mol. The number of amides is 2. The molecule has 2 N–H and O–H groups in total. The van der Waals surface area contributed by atoms with E-state index in [0.29, 0.717) is 17.5 Å². The van der Waals surface area contributed by atoms with Gasteiger partial charge in [0.15, 0.2) is 5.16 Å². The molecule has 2 aromatic carbocycles. The Labute approximate surface area is 180 Å². The number of anilines is 2. The van der Waals surface area contributed by atoms with Crippen LogP contribution < -0.4 is 10.6 Å². The number of aryl methyl sites for hydroxylation is 2. The van der Waals surface area contributed by atoms with Crippen LogP contribution in [0.15, 0.2) is 53.7 Å². The van der Waals surface area contributed by atoms with E-state index >= 15 is 0 Å². The minimum atomic E-state index is -0.153. The van der Waals surface area contributed by atoms with Crippen LogP contribution in [-0.2, 0) is 22.6 Å². The van der Waals surface area contributed by atoms with E-state index in [1.165, 1.54) is 11.8 Å². The van der Waals surface area contributed by atoms with E-state index in [9.17, 15) is 9.59 Å². The summed E-state index contributed by atoms with van der Waals surface area (Å²) in [6.45, 7) is 6.50. The summed E-state index contributed by atoms with van der Waals surface area (Å²) in [6, 6.07) is 15.3. The van der Waals surface area contributed by atoms with Crippen molar-refractivity contribution in [2.24, 2.45) is 0 Å². The number of hydrogen-bond acceptors (Lipinski definition) is 5. The molecule has 0 spiro atoms. The van der Waals surface area contributed by atoms with Crippen molar-refractivity contribution in [1.29, 1.82) is 0 Å². The fourth-order valence-corrected chi connectivity index (χ4v) is 3.80. The Kier molecular flexibility index (Phi) is 7.24. The zero-order valence-electron chi connectivity index (χ0n) is 17.3. The van der Waals surface area contributed by atoms with Crippen molar-refractivity contribution in [2.75, 3.05) is 16.4 Å². The van der Waals surface area contributed by atoms with Crippen molar-refractivity contribution in [3.63, 3.8) is 0 Å². The van der Waals surface area contributed by atoms with E-state index in [1.807, 2.05) is 73.9 Å². The van der Waals surface area contributed by atoms with Gasteiger partial charge < -0.3 is 15.2 Å². The summed E-state index contributed by atoms with van der Waals surface area (Å²) in [4.78, 5) is 24.7. The normalized spacial score (nSPS) is 10.6. The summed E-state index contributed by atoms with van der Waals surface area (Å²) in [6.07, 6.45) is 0.116. The zero-order chi connectivity index (χ0) is 21.5.